The van der Waals surface area contributed by atoms with E-state index < -0.39 is 24.4 Å². The number of ether oxygens (including phenoxy) is 2. The van der Waals surface area contributed by atoms with Crippen LogP contribution in [0.15, 0.2) is 12.4 Å². The Morgan fingerprint density at radius 1 is 1.15 bits per heavy atom. The van der Waals surface area contributed by atoms with Crippen LogP contribution in [0.4, 0.5) is 35.7 Å². The van der Waals surface area contributed by atoms with Gasteiger partial charge in [-0.2, -0.15) is 13.2 Å². The molecule has 4 heterocycles. The first-order valence-electron chi connectivity index (χ1n) is 12.3. The first-order chi connectivity index (χ1) is 18.4. The number of fused-ring (bicyclic) bond motifs is 1. The Kier molecular flexibility index (Phi) is 8.06. The number of rotatable bonds is 7. The lowest BCUT2D eigenvalue weighted by atomic mass is 10.2. The number of anilines is 3. The van der Waals surface area contributed by atoms with Crippen molar-refractivity contribution >= 4 is 35.0 Å². The minimum absolute atomic E-state index is 0.00621. The third-order valence-electron chi connectivity index (χ3n) is 5.52. The highest BCUT2D eigenvalue weighted by Gasteiger charge is 2.32. The summed E-state index contributed by atoms with van der Waals surface area (Å²) in [6.45, 7) is 6.12. The molecule has 3 N–H and O–H groups in total. The van der Waals surface area contributed by atoms with Gasteiger partial charge < -0.3 is 25.4 Å². The molecular weight excluding hydrogens is 521 g/mol. The van der Waals surface area contributed by atoms with Crippen LogP contribution < -0.4 is 20.9 Å². The number of nitrogens with one attached hydrogen (secondary N) is 1. The van der Waals surface area contributed by atoms with Gasteiger partial charge in [-0.15, -0.1) is 0 Å². The van der Waals surface area contributed by atoms with E-state index in [2.05, 4.69) is 30.2 Å². The van der Waals surface area contributed by atoms with Crippen molar-refractivity contribution in [2.24, 2.45) is 5.73 Å². The Bertz CT molecular complexity index is 1300. The molecule has 0 aliphatic carbocycles. The van der Waals surface area contributed by atoms with Crippen molar-refractivity contribution in [1.82, 2.24) is 29.5 Å². The molecule has 16 heteroatoms. The molecule has 0 radical (unpaired) electrons. The van der Waals surface area contributed by atoms with E-state index >= 15 is 0 Å². The van der Waals surface area contributed by atoms with Crippen molar-refractivity contribution in [3.8, 4) is 11.4 Å². The Balaban J connectivity index is 1.79. The molecular formula is C23H31F3N10O3. The van der Waals surface area contributed by atoms with Crippen LogP contribution >= 0.6 is 0 Å². The molecule has 0 unspecified atom stereocenters. The van der Waals surface area contributed by atoms with Crippen molar-refractivity contribution in [2.75, 3.05) is 61.6 Å². The molecule has 1 aliphatic heterocycles. The number of carbonyl (C=O) groups excluding carboxylic acids is 1. The molecule has 1 saturated heterocycles. The number of halogens is 3. The van der Waals surface area contributed by atoms with Crippen molar-refractivity contribution in [3.63, 3.8) is 0 Å². The van der Waals surface area contributed by atoms with Gasteiger partial charge in [-0.25, -0.2) is 34.6 Å². The normalized spacial score (nSPS) is 14.5. The van der Waals surface area contributed by atoms with Gasteiger partial charge >= 0.3 is 12.3 Å². The summed E-state index contributed by atoms with van der Waals surface area (Å²) in [4.78, 5) is 37.4. The maximum atomic E-state index is 13.6. The van der Waals surface area contributed by atoms with Crippen LogP contribution in [-0.2, 0) is 16.0 Å². The second-order valence-corrected chi connectivity index (χ2v) is 9.81. The Labute approximate surface area is 222 Å². The van der Waals surface area contributed by atoms with Crippen LogP contribution in [0.2, 0.25) is 0 Å². The molecule has 0 atom stereocenters. The van der Waals surface area contributed by atoms with Gasteiger partial charge in [-0.05, 0) is 20.8 Å². The van der Waals surface area contributed by atoms with E-state index in [0.717, 1.165) is 9.47 Å². The number of aromatic nitrogens is 6. The summed E-state index contributed by atoms with van der Waals surface area (Å²) in [5.74, 6) is 0.520. The van der Waals surface area contributed by atoms with Crippen molar-refractivity contribution < 1.29 is 27.4 Å². The summed E-state index contributed by atoms with van der Waals surface area (Å²) in [6, 6.07) is 0. The molecule has 3 aromatic heterocycles. The van der Waals surface area contributed by atoms with Gasteiger partial charge in [-0.1, -0.05) is 0 Å². The van der Waals surface area contributed by atoms with Crippen LogP contribution in [0, 0.1) is 0 Å². The lowest BCUT2D eigenvalue weighted by Gasteiger charge is -2.28. The SMILES string of the molecule is CN(C(=O)OC(C)(C)C)c1ncc(-c2nc(N3CCOCC3)c3nc(NCCN)n(CC(F)(F)F)c3n2)cn1. The zero-order chi connectivity index (χ0) is 28.4. The fraction of sp³-hybridized carbons (Fsp3) is 0.565. The third kappa shape index (κ3) is 6.81. The van der Waals surface area contributed by atoms with Crippen LogP contribution in [0.1, 0.15) is 20.8 Å². The van der Waals surface area contributed by atoms with E-state index in [4.69, 9.17) is 15.2 Å². The summed E-state index contributed by atoms with van der Waals surface area (Å²) < 4.78 is 52.5. The lowest BCUT2D eigenvalue weighted by Crippen LogP contribution is -2.37. The number of carbonyl (C=O) groups is 1. The smallest absolute Gasteiger partial charge is 0.416 e. The Hall–Kier alpha value is -3.79. The second kappa shape index (κ2) is 11.1. The number of nitrogens with two attached hydrogens (primary N) is 1. The van der Waals surface area contributed by atoms with Crippen molar-refractivity contribution in [3.05, 3.63) is 12.4 Å². The Morgan fingerprint density at radius 2 is 1.82 bits per heavy atom. The summed E-state index contributed by atoms with van der Waals surface area (Å²) in [7, 11) is 1.47. The fourth-order valence-electron chi connectivity index (χ4n) is 3.78. The molecule has 39 heavy (non-hydrogen) atoms. The lowest BCUT2D eigenvalue weighted by molar-refractivity contribution is -0.139. The maximum absolute atomic E-state index is 13.6. The zero-order valence-corrected chi connectivity index (χ0v) is 22.1. The molecule has 0 aromatic carbocycles. The van der Waals surface area contributed by atoms with Gasteiger partial charge in [0.15, 0.2) is 22.8 Å². The van der Waals surface area contributed by atoms with Crippen molar-refractivity contribution in [2.45, 2.75) is 39.1 Å². The zero-order valence-electron chi connectivity index (χ0n) is 22.1. The minimum Gasteiger partial charge on any atom is -0.443 e. The van der Waals surface area contributed by atoms with Gasteiger partial charge in [-0.3, -0.25) is 4.57 Å². The largest absolute Gasteiger partial charge is 0.443 e. The number of imidazole rings is 1. The number of morpholine rings is 1. The highest BCUT2D eigenvalue weighted by Crippen LogP contribution is 2.32. The summed E-state index contributed by atoms with van der Waals surface area (Å²) in [6.07, 6.45) is -2.39. The average Bonchev–Trinajstić information content (AvgIpc) is 3.21. The van der Waals surface area contributed by atoms with E-state index in [1.54, 1.807) is 20.8 Å². The number of hydrogen-bond donors (Lipinski definition) is 2. The first-order valence-corrected chi connectivity index (χ1v) is 12.3. The summed E-state index contributed by atoms with van der Waals surface area (Å²) in [5.41, 5.74) is 5.40. The highest BCUT2D eigenvalue weighted by molar-refractivity contribution is 5.88. The highest BCUT2D eigenvalue weighted by atomic mass is 19.4. The number of nitrogens with zero attached hydrogens (tertiary/aromatic N) is 8. The third-order valence-corrected chi connectivity index (χ3v) is 5.52. The topological polar surface area (TPSA) is 149 Å². The molecule has 0 spiro atoms. The monoisotopic (exact) mass is 552 g/mol. The van der Waals surface area contributed by atoms with Gasteiger partial charge in [0, 0.05) is 45.6 Å². The second-order valence-electron chi connectivity index (χ2n) is 9.81. The molecule has 212 valence electrons. The molecule has 0 bridgehead atoms. The molecule has 0 saturated carbocycles. The fourth-order valence-corrected chi connectivity index (χ4v) is 3.78. The van der Waals surface area contributed by atoms with E-state index in [9.17, 15) is 18.0 Å². The molecule has 1 amide bonds. The summed E-state index contributed by atoms with van der Waals surface area (Å²) >= 11 is 0. The van der Waals surface area contributed by atoms with Crippen molar-refractivity contribution in [1.29, 1.82) is 0 Å². The number of alkyl halides is 3. The number of amides is 1. The average molecular weight is 553 g/mol. The first kappa shape index (κ1) is 28.2. The minimum atomic E-state index is -4.53. The molecule has 13 nitrogen and oxygen atoms in total. The van der Waals surface area contributed by atoms with Gasteiger partial charge in [0.1, 0.15) is 12.1 Å². The van der Waals surface area contributed by atoms with Crippen LogP contribution in [-0.4, -0.2) is 93.8 Å². The van der Waals surface area contributed by atoms with Crippen LogP contribution in [0.5, 0.6) is 0 Å². The molecule has 4 rings (SSSR count). The quantitative estimate of drug-likeness (QED) is 0.445. The van der Waals surface area contributed by atoms with Gasteiger partial charge in [0.2, 0.25) is 11.9 Å². The standard InChI is InChI=1S/C23H31F3N10O3/c1-22(2,3)39-21(37)34(4)19-29-11-14(12-30-19)16-32-17(35-7-9-38-10-8-35)15-18(33-16)36(13-23(24,25)26)20(31-15)28-6-5-27/h11-12H,5-10,13,27H2,1-4H3,(H,28,31). The van der Waals surface area contributed by atoms with Gasteiger partial charge in [0.25, 0.3) is 0 Å². The van der Waals surface area contributed by atoms with E-state index in [0.29, 0.717) is 37.7 Å². The Morgan fingerprint density at radius 3 is 2.41 bits per heavy atom. The van der Waals surface area contributed by atoms with Crippen LogP contribution in [0.3, 0.4) is 0 Å². The van der Waals surface area contributed by atoms with E-state index in [1.165, 1.54) is 19.4 Å². The molecule has 1 fully saturated rings. The maximum Gasteiger partial charge on any atom is 0.416 e. The molecule has 1 aliphatic rings. The predicted octanol–water partition coefficient (Wildman–Crippen LogP) is 2.42. The summed E-state index contributed by atoms with van der Waals surface area (Å²) in [5, 5.41) is 2.85. The van der Waals surface area contributed by atoms with Crippen LogP contribution in [0.25, 0.3) is 22.6 Å². The predicted molar refractivity (Wildman–Crippen MR) is 138 cm³/mol. The van der Waals surface area contributed by atoms with E-state index in [1.807, 2.05) is 4.90 Å². The molecule has 3 aromatic rings. The van der Waals surface area contributed by atoms with E-state index in [-0.39, 0.29) is 42.0 Å². The number of hydrogen-bond acceptors (Lipinski definition) is 11. The van der Waals surface area contributed by atoms with Gasteiger partial charge in [0.05, 0.1) is 18.8 Å².